The molecule has 0 bridgehead atoms. The first-order chi connectivity index (χ1) is 3.92. The summed E-state index contributed by atoms with van der Waals surface area (Å²) in [4.78, 5) is 0. The molecule has 9 heavy (non-hydrogen) atoms. The second-order valence-corrected chi connectivity index (χ2v) is 1.27. The fraction of sp³-hybridized carbons (Fsp3) is 0.500. The molecule has 0 aromatic rings. The molecule has 0 fully saturated rings. The van der Waals surface area contributed by atoms with Crippen LogP contribution in [0.3, 0.4) is 0 Å². The highest BCUT2D eigenvalue weighted by Crippen LogP contribution is 2.17. The molecule has 0 amide bonds. The summed E-state index contributed by atoms with van der Waals surface area (Å²) in [5.74, 6) is -1.02. The van der Waals surface area contributed by atoms with E-state index < -0.39 is 12.2 Å². The van der Waals surface area contributed by atoms with Crippen molar-refractivity contribution in [3.63, 3.8) is 0 Å². The molecule has 0 unspecified atom stereocenters. The molecular formula is C4H4F4O. The van der Waals surface area contributed by atoms with Crippen molar-refractivity contribution in [2.75, 3.05) is 0 Å². The molecule has 0 aliphatic heterocycles. The highest BCUT2D eigenvalue weighted by molar-refractivity contribution is 4.78. The summed E-state index contributed by atoms with van der Waals surface area (Å²) in [6.45, 7) is 0.853. The smallest absolute Gasteiger partial charge is 0.411 e. The molecule has 0 atom stereocenters. The van der Waals surface area contributed by atoms with E-state index in [-0.39, 0.29) is 6.26 Å². The van der Waals surface area contributed by atoms with E-state index in [4.69, 9.17) is 0 Å². The molecule has 0 radical (unpaired) electrons. The van der Waals surface area contributed by atoms with Crippen LogP contribution in [0, 0.1) is 0 Å². The number of hydrogen-bond donors (Lipinski definition) is 0. The normalized spacial score (nSPS) is 13.7. The van der Waals surface area contributed by atoms with Crippen molar-refractivity contribution in [1.29, 1.82) is 0 Å². The average molecular weight is 144 g/mol. The van der Waals surface area contributed by atoms with Crippen molar-refractivity contribution in [3.05, 3.63) is 12.1 Å². The Morgan fingerprint density at radius 2 is 1.89 bits per heavy atom. The van der Waals surface area contributed by atoms with Crippen LogP contribution in [-0.2, 0) is 4.74 Å². The van der Waals surface area contributed by atoms with Gasteiger partial charge in [0.15, 0.2) is 0 Å². The van der Waals surface area contributed by atoms with Gasteiger partial charge in [-0.15, -0.1) is 13.2 Å². The summed E-state index contributed by atoms with van der Waals surface area (Å²) in [5.41, 5.74) is 0. The number of allylic oxidation sites excluding steroid dienone is 1. The van der Waals surface area contributed by atoms with Gasteiger partial charge in [-0.2, -0.15) is 0 Å². The Balaban J connectivity index is 3.64. The van der Waals surface area contributed by atoms with Crippen LogP contribution in [0.2, 0.25) is 0 Å². The summed E-state index contributed by atoms with van der Waals surface area (Å²) in [7, 11) is 0. The van der Waals surface area contributed by atoms with Gasteiger partial charge >= 0.3 is 6.36 Å². The molecule has 0 spiro atoms. The summed E-state index contributed by atoms with van der Waals surface area (Å²) in [6, 6.07) is 0. The van der Waals surface area contributed by atoms with Gasteiger partial charge in [0.2, 0.25) is 0 Å². The maximum atomic E-state index is 11.5. The zero-order valence-corrected chi connectivity index (χ0v) is 4.50. The Morgan fingerprint density at radius 3 is 2.00 bits per heavy atom. The lowest BCUT2D eigenvalue weighted by Gasteiger charge is -2.01. The first-order valence-electron chi connectivity index (χ1n) is 1.98. The minimum absolute atomic E-state index is 0. The lowest BCUT2D eigenvalue weighted by atomic mass is 10.7. The average Bonchev–Trinajstić information content (AvgIpc) is 1.59. The van der Waals surface area contributed by atoms with Gasteiger partial charge in [-0.3, -0.25) is 0 Å². The third-order valence-electron chi connectivity index (χ3n) is 0.355. The second-order valence-electron chi connectivity index (χ2n) is 1.27. The third kappa shape index (κ3) is 7.26. The van der Waals surface area contributed by atoms with Crippen LogP contribution in [0.4, 0.5) is 17.6 Å². The molecule has 0 heterocycles. The summed E-state index contributed by atoms with van der Waals surface area (Å²) < 4.78 is 47.4. The monoisotopic (exact) mass is 144 g/mol. The zero-order chi connectivity index (χ0) is 7.49. The highest BCUT2D eigenvalue weighted by Gasteiger charge is 2.29. The molecular weight excluding hydrogens is 140 g/mol. The zero-order valence-electron chi connectivity index (χ0n) is 4.50. The Morgan fingerprint density at radius 1 is 1.44 bits per heavy atom. The second kappa shape index (κ2) is 2.70. The molecule has 0 aromatic carbocycles. The van der Waals surface area contributed by atoms with Crippen molar-refractivity contribution in [2.24, 2.45) is 0 Å². The van der Waals surface area contributed by atoms with Crippen molar-refractivity contribution >= 4 is 0 Å². The Bertz CT molecular complexity index is 110. The van der Waals surface area contributed by atoms with Crippen LogP contribution in [0.1, 0.15) is 6.92 Å². The van der Waals surface area contributed by atoms with Crippen LogP contribution in [-0.4, -0.2) is 6.36 Å². The van der Waals surface area contributed by atoms with Gasteiger partial charge in [0.25, 0.3) is 0 Å². The summed E-state index contributed by atoms with van der Waals surface area (Å²) in [6.07, 6.45) is -4.78. The Labute approximate surface area is 48.9 Å². The predicted octanol–water partition coefficient (Wildman–Crippen LogP) is 2.35. The van der Waals surface area contributed by atoms with E-state index in [9.17, 15) is 17.6 Å². The molecule has 0 saturated heterocycles. The maximum Gasteiger partial charge on any atom is 0.572 e. The van der Waals surface area contributed by atoms with Crippen LogP contribution < -0.4 is 0 Å². The predicted molar refractivity (Wildman–Crippen MR) is 22.0 cm³/mol. The van der Waals surface area contributed by atoms with Gasteiger partial charge in [0.05, 0.1) is 0 Å². The number of ether oxygens (including phenoxy) is 1. The minimum Gasteiger partial charge on any atom is -0.411 e. The third-order valence-corrected chi connectivity index (χ3v) is 0.355. The van der Waals surface area contributed by atoms with Crippen molar-refractivity contribution in [2.45, 2.75) is 13.3 Å². The first-order valence-corrected chi connectivity index (χ1v) is 1.98. The highest BCUT2D eigenvalue weighted by atomic mass is 19.4. The Hall–Kier alpha value is -0.740. The molecule has 0 aliphatic rings. The van der Waals surface area contributed by atoms with Gasteiger partial charge in [0, 0.05) is 0 Å². The van der Waals surface area contributed by atoms with Crippen molar-refractivity contribution in [1.82, 2.24) is 0 Å². The molecule has 0 saturated carbocycles. The van der Waals surface area contributed by atoms with E-state index in [0.717, 1.165) is 6.92 Å². The molecule has 0 rings (SSSR count). The van der Waals surface area contributed by atoms with Crippen LogP contribution >= 0.6 is 0 Å². The minimum atomic E-state index is -4.78. The van der Waals surface area contributed by atoms with E-state index in [1.165, 1.54) is 0 Å². The molecule has 5 heteroatoms. The standard InChI is InChI=1S/C4H4F4O/c1-3(5)2-9-4(6,7)8/h2H,1H3. The fourth-order valence-corrected chi connectivity index (χ4v) is 0.148. The number of alkyl halides is 3. The fourth-order valence-electron chi connectivity index (χ4n) is 0.148. The van der Waals surface area contributed by atoms with Crippen molar-refractivity contribution < 1.29 is 22.3 Å². The molecule has 54 valence electrons. The van der Waals surface area contributed by atoms with Gasteiger partial charge in [0.1, 0.15) is 12.1 Å². The van der Waals surface area contributed by atoms with E-state index >= 15 is 0 Å². The van der Waals surface area contributed by atoms with Crippen LogP contribution in [0.25, 0.3) is 0 Å². The number of hydrogen-bond acceptors (Lipinski definition) is 1. The number of halogens is 4. The SMILES string of the molecule is CC(F)=COC(F)(F)F. The quantitative estimate of drug-likeness (QED) is 0.405. The molecule has 0 N–H and O–H groups in total. The largest absolute Gasteiger partial charge is 0.572 e. The van der Waals surface area contributed by atoms with E-state index in [2.05, 4.69) is 4.74 Å². The van der Waals surface area contributed by atoms with Gasteiger partial charge in [-0.05, 0) is 6.92 Å². The lowest BCUT2D eigenvalue weighted by Crippen LogP contribution is -2.08. The topological polar surface area (TPSA) is 9.23 Å². The summed E-state index contributed by atoms with van der Waals surface area (Å²) >= 11 is 0. The number of rotatable bonds is 1. The van der Waals surface area contributed by atoms with E-state index in [1.807, 2.05) is 0 Å². The Kier molecular flexibility index (Phi) is 2.48. The van der Waals surface area contributed by atoms with Crippen molar-refractivity contribution in [3.8, 4) is 0 Å². The first kappa shape index (κ1) is 8.26. The van der Waals surface area contributed by atoms with Crippen LogP contribution in [0.15, 0.2) is 12.1 Å². The van der Waals surface area contributed by atoms with E-state index in [1.54, 1.807) is 0 Å². The van der Waals surface area contributed by atoms with Gasteiger partial charge < -0.3 is 4.74 Å². The summed E-state index contributed by atoms with van der Waals surface area (Å²) in [5, 5.41) is 0. The van der Waals surface area contributed by atoms with Crippen LogP contribution in [0.5, 0.6) is 0 Å². The lowest BCUT2D eigenvalue weighted by molar-refractivity contribution is -0.298. The van der Waals surface area contributed by atoms with Gasteiger partial charge in [-0.1, -0.05) is 0 Å². The maximum absolute atomic E-state index is 11.5. The van der Waals surface area contributed by atoms with E-state index in [0.29, 0.717) is 0 Å². The van der Waals surface area contributed by atoms with Gasteiger partial charge in [-0.25, -0.2) is 4.39 Å². The molecule has 1 nitrogen and oxygen atoms in total. The molecule has 0 aliphatic carbocycles. The molecule has 0 aromatic heterocycles.